The maximum absolute atomic E-state index is 10.6. The van der Waals surface area contributed by atoms with Gasteiger partial charge in [-0.3, -0.25) is 0 Å². The minimum absolute atomic E-state index is 0.361. The quantitative estimate of drug-likeness (QED) is 0.453. The van der Waals surface area contributed by atoms with Crippen molar-refractivity contribution in [2.75, 3.05) is 0 Å². The highest BCUT2D eigenvalue weighted by molar-refractivity contribution is 4.69. The second kappa shape index (κ2) is 2.46. The normalized spacial score (nSPS) is 39.8. The zero-order valence-corrected chi connectivity index (χ0v) is 4.80. The standard InChI is InChI=1S/C6H10O2/c7-5-2-1-3-6(8)4-5/h5-6H,1-4H2. The van der Waals surface area contributed by atoms with Gasteiger partial charge < -0.3 is 0 Å². The lowest BCUT2D eigenvalue weighted by Gasteiger charge is -2.17. The van der Waals surface area contributed by atoms with Crippen molar-refractivity contribution in [1.82, 2.24) is 0 Å². The third-order valence-electron chi connectivity index (χ3n) is 1.58. The molecular formula is C6H10O2. The lowest BCUT2D eigenvalue weighted by atomic mass is 9.95. The van der Waals surface area contributed by atoms with Gasteiger partial charge in [0, 0.05) is 6.42 Å². The molecule has 0 spiro atoms. The molecule has 1 saturated carbocycles. The minimum atomic E-state index is -0.550. The van der Waals surface area contributed by atoms with Crippen LogP contribution in [-0.4, -0.2) is 12.2 Å². The first-order chi connectivity index (χ1) is 3.79. The molecule has 0 heterocycles. The van der Waals surface area contributed by atoms with E-state index >= 15 is 0 Å². The molecular weight excluding hydrogens is 104 g/mol. The predicted octanol–water partition coefficient (Wildman–Crippen LogP) is 1.16. The van der Waals surface area contributed by atoms with E-state index < -0.39 is 12.2 Å². The summed E-state index contributed by atoms with van der Waals surface area (Å²) in [5.41, 5.74) is 0. The van der Waals surface area contributed by atoms with Crippen LogP contribution in [0.5, 0.6) is 0 Å². The molecule has 2 nitrogen and oxygen atoms in total. The number of hydrogen-bond acceptors (Lipinski definition) is 0. The van der Waals surface area contributed by atoms with Gasteiger partial charge >= 0.3 is 0 Å². The Morgan fingerprint density at radius 2 is 1.50 bits per heavy atom. The molecule has 0 saturated heterocycles. The maximum atomic E-state index is 10.6. The summed E-state index contributed by atoms with van der Waals surface area (Å²) in [5, 5.41) is 21.1. The molecule has 2 unspecified atom stereocenters. The van der Waals surface area contributed by atoms with Crippen LogP contribution in [0, 0.1) is 0 Å². The molecule has 2 atom stereocenters. The highest BCUT2D eigenvalue weighted by atomic mass is 16.3. The second-order valence-corrected chi connectivity index (χ2v) is 2.41. The van der Waals surface area contributed by atoms with Gasteiger partial charge in [-0.1, -0.05) is 0 Å². The van der Waals surface area contributed by atoms with E-state index in [9.17, 15) is 10.2 Å². The van der Waals surface area contributed by atoms with Gasteiger partial charge in [0.15, 0.2) is 0 Å². The van der Waals surface area contributed by atoms with Crippen LogP contribution in [0.1, 0.15) is 25.7 Å². The highest BCUT2D eigenvalue weighted by Gasteiger charge is 2.19. The van der Waals surface area contributed by atoms with Gasteiger partial charge in [0.25, 0.3) is 0 Å². The van der Waals surface area contributed by atoms with E-state index in [0.29, 0.717) is 6.42 Å². The summed E-state index contributed by atoms with van der Waals surface area (Å²) in [6.45, 7) is 0. The third-order valence-corrected chi connectivity index (χ3v) is 1.58. The van der Waals surface area contributed by atoms with Crippen molar-refractivity contribution >= 4 is 0 Å². The third kappa shape index (κ3) is 1.46. The summed E-state index contributed by atoms with van der Waals surface area (Å²) in [5.74, 6) is 0. The Kier molecular flexibility index (Phi) is 1.86. The van der Waals surface area contributed by atoms with E-state index in [2.05, 4.69) is 0 Å². The fraction of sp³-hybridized carbons (Fsp3) is 1.00. The van der Waals surface area contributed by atoms with Crippen molar-refractivity contribution in [2.24, 2.45) is 0 Å². The van der Waals surface area contributed by atoms with Crippen LogP contribution in [0.25, 0.3) is 0 Å². The average Bonchev–Trinajstić information content (AvgIpc) is 1.64. The lowest BCUT2D eigenvalue weighted by molar-refractivity contribution is -0.0281. The zero-order valence-electron chi connectivity index (χ0n) is 4.80. The zero-order chi connectivity index (χ0) is 5.98. The molecule has 0 N–H and O–H groups in total. The molecule has 1 aliphatic carbocycles. The van der Waals surface area contributed by atoms with Crippen molar-refractivity contribution < 1.29 is 10.2 Å². The predicted molar refractivity (Wildman–Crippen MR) is 27.4 cm³/mol. The molecule has 0 aliphatic heterocycles. The van der Waals surface area contributed by atoms with Crippen molar-refractivity contribution in [2.45, 2.75) is 37.9 Å². The van der Waals surface area contributed by atoms with Crippen LogP contribution >= 0.6 is 0 Å². The Morgan fingerprint density at radius 1 is 1.00 bits per heavy atom. The Morgan fingerprint density at radius 3 is 1.75 bits per heavy atom. The van der Waals surface area contributed by atoms with E-state index in [4.69, 9.17) is 0 Å². The largest absolute Gasteiger partial charge is 0.233 e. The van der Waals surface area contributed by atoms with E-state index in [-0.39, 0.29) is 0 Å². The van der Waals surface area contributed by atoms with Gasteiger partial charge in [0.2, 0.25) is 0 Å². The molecule has 0 aromatic carbocycles. The van der Waals surface area contributed by atoms with Gasteiger partial charge in [-0.25, -0.2) is 10.2 Å². The molecule has 1 aliphatic rings. The summed E-state index contributed by atoms with van der Waals surface area (Å²) in [4.78, 5) is 0. The van der Waals surface area contributed by atoms with E-state index in [1.54, 1.807) is 0 Å². The first-order valence-electron chi connectivity index (χ1n) is 3.10. The Bertz CT molecular complexity index is 64.9. The topological polar surface area (TPSA) is 39.8 Å². The SMILES string of the molecule is [O]C1CCCC([O])C1. The van der Waals surface area contributed by atoms with Gasteiger partial charge in [-0.05, 0) is 19.3 Å². The van der Waals surface area contributed by atoms with Crippen LogP contribution in [0.2, 0.25) is 0 Å². The van der Waals surface area contributed by atoms with Crippen LogP contribution in [-0.2, 0) is 10.2 Å². The summed E-state index contributed by atoms with van der Waals surface area (Å²) >= 11 is 0. The molecule has 0 amide bonds. The minimum Gasteiger partial charge on any atom is -0.233 e. The number of hydrogen-bond donors (Lipinski definition) is 0. The van der Waals surface area contributed by atoms with Gasteiger partial charge in [0.05, 0.1) is 12.2 Å². The monoisotopic (exact) mass is 114 g/mol. The lowest BCUT2D eigenvalue weighted by Crippen LogP contribution is -2.20. The fourth-order valence-corrected chi connectivity index (χ4v) is 1.10. The second-order valence-electron chi connectivity index (χ2n) is 2.41. The van der Waals surface area contributed by atoms with Crippen LogP contribution in [0.4, 0.5) is 0 Å². The molecule has 0 aromatic heterocycles. The Labute approximate surface area is 49.1 Å². The molecule has 0 bridgehead atoms. The van der Waals surface area contributed by atoms with Crippen LogP contribution < -0.4 is 0 Å². The van der Waals surface area contributed by atoms with Crippen molar-refractivity contribution in [3.05, 3.63) is 0 Å². The van der Waals surface area contributed by atoms with E-state index in [0.717, 1.165) is 19.3 Å². The van der Waals surface area contributed by atoms with Gasteiger partial charge in [-0.15, -0.1) is 0 Å². The first-order valence-corrected chi connectivity index (χ1v) is 3.10. The van der Waals surface area contributed by atoms with Gasteiger partial charge in [0.1, 0.15) is 0 Å². The average molecular weight is 114 g/mol. The van der Waals surface area contributed by atoms with E-state index in [1.807, 2.05) is 0 Å². The van der Waals surface area contributed by atoms with Gasteiger partial charge in [-0.2, -0.15) is 0 Å². The van der Waals surface area contributed by atoms with Crippen LogP contribution in [0.3, 0.4) is 0 Å². The summed E-state index contributed by atoms with van der Waals surface area (Å²) < 4.78 is 0. The summed E-state index contributed by atoms with van der Waals surface area (Å²) in [7, 11) is 0. The molecule has 46 valence electrons. The first kappa shape index (κ1) is 6.05. The summed E-state index contributed by atoms with van der Waals surface area (Å²) in [6.07, 6.45) is 1.55. The van der Waals surface area contributed by atoms with Crippen LogP contribution in [0.15, 0.2) is 0 Å². The smallest absolute Gasteiger partial charge is 0.0956 e. The van der Waals surface area contributed by atoms with Crippen molar-refractivity contribution in [1.29, 1.82) is 0 Å². The Balaban J connectivity index is 2.23. The molecule has 2 radical (unpaired) electrons. The molecule has 1 rings (SSSR count). The van der Waals surface area contributed by atoms with Crippen molar-refractivity contribution in [3.63, 3.8) is 0 Å². The fourth-order valence-electron chi connectivity index (χ4n) is 1.10. The highest BCUT2D eigenvalue weighted by Crippen LogP contribution is 2.18. The molecule has 2 heteroatoms. The summed E-state index contributed by atoms with van der Waals surface area (Å²) in [6, 6.07) is 0. The Hall–Kier alpha value is -0.0800. The maximum Gasteiger partial charge on any atom is 0.0956 e. The molecule has 0 aromatic rings. The molecule has 8 heavy (non-hydrogen) atoms. The van der Waals surface area contributed by atoms with Crippen molar-refractivity contribution in [3.8, 4) is 0 Å². The number of rotatable bonds is 0. The van der Waals surface area contributed by atoms with E-state index in [1.165, 1.54) is 0 Å². The molecule has 1 fully saturated rings.